The van der Waals surface area contributed by atoms with Gasteiger partial charge in [0, 0.05) is 30.4 Å². The summed E-state index contributed by atoms with van der Waals surface area (Å²) in [5.41, 5.74) is 6.63. The highest BCUT2D eigenvalue weighted by atomic mass is 19.1. The molecule has 3 aliphatic rings. The molecular weight excluding hydrogens is 401 g/mol. The predicted octanol–water partition coefficient (Wildman–Crippen LogP) is 3.08. The lowest BCUT2D eigenvalue weighted by Gasteiger charge is -2.61. The Labute approximate surface area is 178 Å². The van der Waals surface area contributed by atoms with Crippen LogP contribution in [-0.4, -0.2) is 32.9 Å². The number of urea groups is 1. The quantitative estimate of drug-likeness (QED) is 0.698. The Morgan fingerprint density at radius 2 is 2.19 bits per heavy atom. The predicted molar refractivity (Wildman–Crippen MR) is 111 cm³/mol. The maximum Gasteiger partial charge on any atom is 0.323 e. The van der Waals surface area contributed by atoms with Gasteiger partial charge in [-0.1, -0.05) is 12.1 Å². The lowest BCUT2D eigenvalue weighted by atomic mass is 9.64. The van der Waals surface area contributed by atoms with Gasteiger partial charge in [0.1, 0.15) is 11.4 Å². The number of piperidine rings is 1. The number of aliphatic imine (C=N–C) groups is 1. The third kappa shape index (κ3) is 3.13. The number of nitrogens with zero attached hydrogens (tertiary/aromatic N) is 4. The van der Waals surface area contributed by atoms with Gasteiger partial charge < -0.3 is 20.2 Å². The molecule has 2 amide bonds. The molecular formula is C21H24FN7O2. The molecule has 1 saturated carbocycles. The number of fused-ring (bicyclic) bond motifs is 2. The number of anilines is 1. The highest BCUT2D eigenvalue weighted by Crippen LogP contribution is 2.55. The van der Waals surface area contributed by atoms with Gasteiger partial charge in [0.25, 0.3) is 5.89 Å². The van der Waals surface area contributed by atoms with Crippen LogP contribution in [0, 0.1) is 25.6 Å². The molecule has 1 aliphatic carbocycles. The average molecular weight is 425 g/mol. The van der Waals surface area contributed by atoms with Crippen molar-refractivity contribution in [2.75, 3.05) is 5.32 Å². The van der Waals surface area contributed by atoms with E-state index in [1.54, 1.807) is 37.2 Å². The molecule has 31 heavy (non-hydrogen) atoms. The molecule has 3 unspecified atom stereocenters. The zero-order valence-electron chi connectivity index (χ0n) is 17.6. The van der Waals surface area contributed by atoms with Crippen molar-refractivity contribution in [1.82, 2.24) is 25.9 Å². The first-order chi connectivity index (χ1) is 14.9. The Balaban J connectivity index is 1.45. The Morgan fingerprint density at radius 1 is 1.35 bits per heavy atom. The number of likely N-dealkylation sites (tertiary alicyclic amines) is 1. The molecule has 3 heterocycles. The minimum atomic E-state index is -0.637. The number of aryl methyl sites for hydroxylation is 2. The molecule has 1 aromatic carbocycles. The number of carbonyl (C=O) groups is 1. The summed E-state index contributed by atoms with van der Waals surface area (Å²) in [6.45, 7) is 5.71. The molecule has 162 valence electrons. The van der Waals surface area contributed by atoms with Gasteiger partial charge >= 0.3 is 6.03 Å². The van der Waals surface area contributed by atoms with Gasteiger partial charge in [-0.05, 0) is 50.3 Å². The van der Waals surface area contributed by atoms with Gasteiger partial charge in [0.15, 0.2) is 11.7 Å². The fourth-order valence-corrected chi connectivity index (χ4v) is 5.06. The first-order valence-corrected chi connectivity index (χ1v) is 10.3. The molecule has 1 saturated heterocycles. The van der Waals surface area contributed by atoms with E-state index in [-0.39, 0.29) is 17.8 Å². The summed E-state index contributed by atoms with van der Waals surface area (Å²) in [7, 11) is 0. The third-order valence-electron chi connectivity index (χ3n) is 6.27. The summed E-state index contributed by atoms with van der Waals surface area (Å²) in [6, 6.07) is 2.67. The number of hydrazine groups is 1. The van der Waals surface area contributed by atoms with Crippen LogP contribution in [0.4, 0.5) is 14.9 Å². The van der Waals surface area contributed by atoms with Crippen LogP contribution in [0.1, 0.15) is 49.0 Å². The molecule has 0 spiro atoms. The van der Waals surface area contributed by atoms with Crippen molar-refractivity contribution in [3.05, 3.63) is 53.2 Å². The van der Waals surface area contributed by atoms with Gasteiger partial charge in [0.05, 0.1) is 5.69 Å². The topological polar surface area (TPSA) is 108 Å². The number of hydrogen-bond acceptors (Lipinski definition) is 7. The molecule has 3 atom stereocenters. The summed E-state index contributed by atoms with van der Waals surface area (Å²) in [5, 5.41) is 6.68. The summed E-state index contributed by atoms with van der Waals surface area (Å²) in [5.74, 6) is 1.45. The largest absolute Gasteiger partial charge is 0.337 e. The Morgan fingerprint density at radius 3 is 2.90 bits per heavy atom. The van der Waals surface area contributed by atoms with Gasteiger partial charge in [-0.15, -0.1) is 0 Å². The molecule has 0 radical (unpaired) electrons. The number of carbonyl (C=O) groups excluding carboxylic acids is 1. The van der Waals surface area contributed by atoms with Crippen LogP contribution in [0.15, 0.2) is 34.0 Å². The Bertz CT molecular complexity index is 1110. The van der Waals surface area contributed by atoms with E-state index in [1.807, 2.05) is 0 Å². The Hall–Kier alpha value is -3.43. The van der Waals surface area contributed by atoms with E-state index in [1.165, 1.54) is 6.07 Å². The van der Waals surface area contributed by atoms with Crippen LogP contribution >= 0.6 is 0 Å². The molecule has 2 bridgehead atoms. The van der Waals surface area contributed by atoms with E-state index in [0.29, 0.717) is 34.6 Å². The van der Waals surface area contributed by atoms with E-state index >= 15 is 0 Å². The summed E-state index contributed by atoms with van der Waals surface area (Å²) >= 11 is 0. The third-order valence-corrected chi connectivity index (χ3v) is 6.27. The monoisotopic (exact) mass is 425 g/mol. The summed E-state index contributed by atoms with van der Waals surface area (Å²) in [4.78, 5) is 23.7. The SMILES string of the molecule is Cc1noc(C23CC(C)CC(C2)N3C(=O)Nc2cc(C3=NC=CNN3)c(C)cc2F)n1. The fourth-order valence-electron chi connectivity index (χ4n) is 5.06. The zero-order chi connectivity index (χ0) is 21.8. The number of hydrogen-bond donors (Lipinski definition) is 3. The number of aromatic nitrogens is 2. The number of amidine groups is 1. The molecule has 2 aliphatic heterocycles. The molecule has 5 rings (SSSR count). The minimum Gasteiger partial charge on any atom is -0.337 e. The maximum atomic E-state index is 14.8. The standard InChI is InChI=1S/C21H24FN7O2/c1-11-6-14-10-21(9-11,19-25-13(3)28-31-19)29(14)20(30)26-17-8-15(12(2)7-16(17)22)18-23-4-5-24-27-18/h4-5,7-8,11,14,24H,6,9-10H2,1-3H3,(H,23,27)(H,26,30). The molecule has 3 N–H and O–H groups in total. The lowest BCUT2D eigenvalue weighted by molar-refractivity contribution is -0.112. The van der Waals surface area contributed by atoms with E-state index in [4.69, 9.17) is 4.52 Å². The molecule has 1 aromatic heterocycles. The number of nitrogens with one attached hydrogen (secondary N) is 3. The van der Waals surface area contributed by atoms with E-state index < -0.39 is 11.4 Å². The van der Waals surface area contributed by atoms with Crippen LogP contribution in [0.25, 0.3) is 0 Å². The highest BCUT2D eigenvalue weighted by Gasteiger charge is 2.62. The van der Waals surface area contributed by atoms with E-state index in [0.717, 1.165) is 19.3 Å². The van der Waals surface area contributed by atoms with E-state index in [2.05, 4.69) is 38.2 Å². The van der Waals surface area contributed by atoms with Gasteiger partial charge in [0.2, 0.25) is 0 Å². The first-order valence-electron chi connectivity index (χ1n) is 10.3. The molecule has 2 aromatic rings. The Kier molecular flexibility index (Phi) is 4.45. The second-order valence-corrected chi connectivity index (χ2v) is 8.59. The number of rotatable bonds is 3. The first kappa shape index (κ1) is 19.5. The maximum absolute atomic E-state index is 14.8. The second-order valence-electron chi connectivity index (χ2n) is 8.59. The lowest BCUT2D eigenvalue weighted by Crippen LogP contribution is -2.70. The van der Waals surface area contributed by atoms with Crippen molar-refractivity contribution in [2.45, 2.75) is 51.6 Å². The van der Waals surface area contributed by atoms with Gasteiger partial charge in [-0.3, -0.25) is 5.43 Å². The van der Waals surface area contributed by atoms with Crippen LogP contribution < -0.4 is 16.2 Å². The normalized spacial score (nSPS) is 26.5. The van der Waals surface area contributed by atoms with Gasteiger partial charge in [-0.2, -0.15) is 4.98 Å². The van der Waals surface area contributed by atoms with Crippen molar-refractivity contribution in [3.8, 4) is 0 Å². The smallest absolute Gasteiger partial charge is 0.323 e. The van der Waals surface area contributed by atoms with Crippen LogP contribution in [-0.2, 0) is 5.54 Å². The van der Waals surface area contributed by atoms with Crippen molar-refractivity contribution in [1.29, 1.82) is 0 Å². The van der Waals surface area contributed by atoms with Crippen molar-refractivity contribution >= 4 is 17.6 Å². The molecule has 10 heteroatoms. The summed E-state index contributed by atoms with van der Waals surface area (Å²) < 4.78 is 20.2. The average Bonchev–Trinajstić information content (AvgIpc) is 3.17. The second kappa shape index (κ2) is 7.07. The van der Waals surface area contributed by atoms with Crippen molar-refractivity contribution in [2.24, 2.45) is 10.9 Å². The van der Waals surface area contributed by atoms with Crippen LogP contribution in [0.3, 0.4) is 0 Å². The van der Waals surface area contributed by atoms with Crippen molar-refractivity contribution in [3.63, 3.8) is 0 Å². The minimum absolute atomic E-state index is 0.0580. The fraction of sp³-hybridized carbons (Fsp3) is 0.429. The van der Waals surface area contributed by atoms with Crippen LogP contribution in [0.5, 0.6) is 0 Å². The van der Waals surface area contributed by atoms with Crippen LogP contribution in [0.2, 0.25) is 0 Å². The number of benzene rings is 1. The molecule has 9 nitrogen and oxygen atoms in total. The molecule has 2 fully saturated rings. The van der Waals surface area contributed by atoms with Crippen molar-refractivity contribution < 1.29 is 13.7 Å². The highest BCUT2D eigenvalue weighted by molar-refractivity contribution is 6.02. The number of halogens is 1. The van der Waals surface area contributed by atoms with E-state index in [9.17, 15) is 9.18 Å². The zero-order valence-corrected chi connectivity index (χ0v) is 17.6. The summed E-state index contributed by atoms with van der Waals surface area (Å²) in [6.07, 6.45) is 5.65. The van der Waals surface area contributed by atoms with Gasteiger partial charge in [-0.25, -0.2) is 14.2 Å². The number of amides is 2.